The van der Waals surface area contributed by atoms with Crippen LogP contribution in [0.1, 0.15) is 10.4 Å². The number of amides is 1. The third-order valence-electron chi connectivity index (χ3n) is 4.46. The zero-order valence-electron chi connectivity index (χ0n) is 14.2. The van der Waals surface area contributed by atoms with Gasteiger partial charge in [-0.3, -0.25) is 9.69 Å². The third kappa shape index (κ3) is 4.67. The van der Waals surface area contributed by atoms with E-state index >= 15 is 0 Å². The predicted octanol–water partition coefficient (Wildman–Crippen LogP) is 3.68. The summed E-state index contributed by atoms with van der Waals surface area (Å²) < 4.78 is 13.5. The van der Waals surface area contributed by atoms with E-state index in [9.17, 15) is 9.18 Å². The Morgan fingerprint density at radius 1 is 1.04 bits per heavy atom. The van der Waals surface area contributed by atoms with Gasteiger partial charge in [0.1, 0.15) is 5.82 Å². The predicted molar refractivity (Wildman–Crippen MR) is 104 cm³/mol. The van der Waals surface area contributed by atoms with E-state index in [-0.39, 0.29) is 15.6 Å². The minimum absolute atomic E-state index is 0.0946. The maximum Gasteiger partial charge on any atom is 0.252 e. The maximum atomic E-state index is 13.5. The number of hydrogen-bond acceptors (Lipinski definition) is 3. The molecule has 0 spiro atoms. The molecule has 0 aromatic heterocycles. The summed E-state index contributed by atoms with van der Waals surface area (Å²) in [4.78, 5) is 16.8. The topological polar surface area (TPSA) is 35.6 Å². The summed E-state index contributed by atoms with van der Waals surface area (Å²) >= 11 is 11.6. The van der Waals surface area contributed by atoms with E-state index in [4.69, 9.17) is 23.2 Å². The Kier molecular flexibility index (Phi) is 6.35. The Morgan fingerprint density at radius 3 is 2.42 bits per heavy atom. The van der Waals surface area contributed by atoms with Crippen LogP contribution in [-0.2, 0) is 0 Å². The van der Waals surface area contributed by atoms with Crippen molar-refractivity contribution in [1.82, 2.24) is 10.2 Å². The van der Waals surface area contributed by atoms with Crippen LogP contribution in [0.25, 0.3) is 0 Å². The first-order valence-electron chi connectivity index (χ1n) is 8.49. The van der Waals surface area contributed by atoms with Gasteiger partial charge in [-0.15, -0.1) is 0 Å². The monoisotopic (exact) mass is 395 g/mol. The molecule has 0 saturated carbocycles. The highest BCUT2D eigenvalue weighted by atomic mass is 35.5. The molecule has 2 aromatic carbocycles. The fourth-order valence-corrected chi connectivity index (χ4v) is 3.46. The molecule has 4 nitrogen and oxygen atoms in total. The average molecular weight is 396 g/mol. The zero-order valence-corrected chi connectivity index (χ0v) is 15.7. The van der Waals surface area contributed by atoms with Gasteiger partial charge in [-0.05, 0) is 24.3 Å². The van der Waals surface area contributed by atoms with Gasteiger partial charge in [-0.1, -0.05) is 41.4 Å². The lowest BCUT2D eigenvalue weighted by atomic mass is 10.2. The van der Waals surface area contributed by atoms with Gasteiger partial charge in [-0.2, -0.15) is 0 Å². The molecule has 3 rings (SSSR count). The van der Waals surface area contributed by atoms with Crippen LogP contribution in [0, 0.1) is 5.82 Å². The summed E-state index contributed by atoms with van der Waals surface area (Å²) in [6.45, 7) is 4.98. The standard InChI is InChI=1S/C19H20Cl2FN3O/c20-16-13-17(21)18(22)12-15(16)19(26)23-6-7-24-8-10-25(11-9-24)14-4-2-1-3-5-14/h1-5,12-13H,6-11H2,(H,23,26). The molecule has 0 aliphatic carbocycles. The Bertz CT molecular complexity index is 765. The summed E-state index contributed by atoms with van der Waals surface area (Å²) in [5.41, 5.74) is 1.34. The van der Waals surface area contributed by atoms with Gasteiger partial charge in [0.05, 0.1) is 15.6 Å². The van der Waals surface area contributed by atoms with Crippen molar-refractivity contribution in [2.24, 2.45) is 0 Å². The molecule has 1 saturated heterocycles. The molecule has 0 atom stereocenters. The van der Waals surface area contributed by atoms with Gasteiger partial charge in [-0.25, -0.2) is 4.39 Å². The zero-order chi connectivity index (χ0) is 18.5. The smallest absolute Gasteiger partial charge is 0.252 e. The van der Waals surface area contributed by atoms with Crippen LogP contribution < -0.4 is 10.2 Å². The van der Waals surface area contributed by atoms with Gasteiger partial charge >= 0.3 is 0 Å². The lowest BCUT2D eigenvalue weighted by Gasteiger charge is -2.36. The number of carbonyl (C=O) groups is 1. The highest BCUT2D eigenvalue weighted by Crippen LogP contribution is 2.24. The molecule has 1 heterocycles. The fraction of sp³-hybridized carbons (Fsp3) is 0.316. The number of benzene rings is 2. The van der Waals surface area contributed by atoms with Crippen LogP contribution in [0.5, 0.6) is 0 Å². The van der Waals surface area contributed by atoms with Crippen molar-refractivity contribution in [3.63, 3.8) is 0 Å². The van der Waals surface area contributed by atoms with Crippen LogP contribution in [-0.4, -0.2) is 50.1 Å². The second-order valence-electron chi connectivity index (χ2n) is 6.17. The summed E-state index contributed by atoms with van der Waals surface area (Å²) in [7, 11) is 0. The Morgan fingerprint density at radius 2 is 1.73 bits per heavy atom. The van der Waals surface area contributed by atoms with Crippen molar-refractivity contribution in [3.05, 3.63) is 63.9 Å². The maximum absolute atomic E-state index is 13.5. The quantitative estimate of drug-likeness (QED) is 0.784. The van der Waals surface area contributed by atoms with E-state index < -0.39 is 11.7 Å². The van der Waals surface area contributed by atoms with Gasteiger partial charge in [0.2, 0.25) is 0 Å². The number of piperazine rings is 1. The number of nitrogens with zero attached hydrogens (tertiary/aromatic N) is 2. The molecule has 1 N–H and O–H groups in total. The molecule has 0 unspecified atom stereocenters. The van der Waals surface area contributed by atoms with E-state index in [1.165, 1.54) is 11.8 Å². The molecule has 0 radical (unpaired) electrons. The molecule has 7 heteroatoms. The highest BCUT2D eigenvalue weighted by molar-refractivity contribution is 6.36. The van der Waals surface area contributed by atoms with Crippen LogP contribution >= 0.6 is 23.2 Å². The number of halogens is 3. The Balaban J connectivity index is 1.45. The summed E-state index contributed by atoms with van der Waals surface area (Å²) in [6, 6.07) is 12.6. The highest BCUT2D eigenvalue weighted by Gasteiger charge is 2.18. The normalized spacial score (nSPS) is 15.1. The molecular formula is C19H20Cl2FN3O. The van der Waals surface area contributed by atoms with Crippen molar-refractivity contribution in [2.75, 3.05) is 44.2 Å². The number of carbonyl (C=O) groups excluding carboxylic acids is 1. The van der Waals surface area contributed by atoms with Crippen molar-refractivity contribution < 1.29 is 9.18 Å². The van der Waals surface area contributed by atoms with Crippen LogP contribution in [0.4, 0.5) is 10.1 Å². The van der Waals surface area contributed by atoms with E-state index in [2.05, 4.69) is 27.2 Å². The lowest BCUT2D eigenvalue weighted by Crippen LogP contribution is -2.48. The van der Waals surface area contributed by atoms with Crippen LogP contribution in [0.2, 0.25) is 10.0 Å². The Labute approximate surface area is 162 Å². The summed E-state index contributed by atoms with van der Waals surface area (Å²) in [6.07, 6.45) is 0. The van der Waals surface area contributed by atoms with Gasteiger partial charge < -0.3 is 10.2 Å². The molecule has 138 valence electrons. The molecule has 1 aliphatic heterocycles. The van der Waals surface area contributed by atoms with E-state index in [1.54, 1.807) is 0 Å². The molecular weight excluding hydrogens is 376 g/mol. The fourth-order valence-electron chi connectivity index (χ4n) is 2.99. The average Bonchev–Trinajstić information content (AvgIpc) is 2.66. The van der Waals surface area contributed by atoms with Crippen LogP contribution in [0.3, 0.4) is 0 Å². The largest absolute Gasteiger partial charge is 0.369 e. The lowest BCUT2D eigenvalue weighted by molar-refractivity contribution is 0.0947. The molecule has 26 heavy (non-hydrogen) atoms. The van der Waals surface area contributed by atoms with E-state index in [0.29, 0.717) is 6.54 Å². The first-order chi connectivity index (χ1) is 12.5. The van der Waals surface area contributed by atoms with E-state index in [1.807, 2.05) is 18.2 Å². The second kappa shape index (κ2) is 8.71. The van der Waals surface area contributed by atoms with Crippen molar-refractivity contribution in [1.29, 1.82) is 0 Å². The van der Waals surface area contributed by atoms with E-state index in [0.717, 1.165) is 38.8 Å². The minimum Gasteiger partial charge on any atom is -0.369 e. The first kappa shape index (κ1) is 19.0. The second-order valence-corrected chi connectivity index (χ2v) is 6.98. The Hall–Kier alpha value is -1.82. The SMILES string of the molecule is O=C(NCCN1CCN(c2ccccc2)CC1)c1cc(F)c(Cl)cc1Cl. The summed E-state index contributed by atoms with van der Waals surface area (Å²) in [5.74, 6) is -1.05. The van der Waals surface area contributed by atoms with Gasteiger partial charge in [0.25, 0.3) is 5.91 Å². The molecule has 1 aliphatic rings. The number of para-hydroxylation sites is 1. The van der Waals surface area contributed by atoms with Crippen molar-refractivity contribution in [3.8, 4) is 0 Å². The molecule has 1 fully saturated rings. The van der Waals surface area contributed by atoms with Crippen LogP contribution in [0.15, 0.2) is 42.5 Å². The molecule has 1 amide bonds. The molecule has 2 aromatic rings. The third-order valence-corrected chi connectivity index (χ3v) is 5.06. The van der Waals surface area contributed by atoms with Crippen molar-refractivity contribution in [2.45, 2.75) is 0 Å². The first-order valence-corrected chi connectivity index (χ1v) is 9.25. The number of rotatable bonds is 5. The number of anilines is 1. The van der Waals surface area contributed by atoms with Crippen molar-refractivity contribution >= 4 is 34.8 Å². The molecule has 0 bridgehead atoms. The minimum atomic E-state index is -0.654. The van der Waals surface area contributed by atoms with Gasteiger partial charge in [0, 0.05) is 45.0 Å². The summed E-state index contributed by atoms with van der Waals surface area (Å²) in [5, 5.41) is 2.84. The number of hydrogen-bond donors (Lipinski definition) is 1. The number of nitrogens with one attached hydrogen (secondary N) is 1. The van der Waals surface area contributed by atoms with Gasteiger partial charge in [0.15, 0.2) is 0 Å².